The first-order valence-corrected chi connectivity index (χ1v) is 16.5. The standard InChI is InChI=1S/C41H26N4OS/c1-41(2)30-22-23(17-18-24(30)26-19-20-33-35(36(26)41)28-11-3-5-15-32(28)46-33)38-43-39(45-40(44-38)31-14-7-8-21-42-31)29-13-9-12-27-25-10-4-6-16-34(25)47-37(27)29/h3-22H,1-2H3. The lowest BCUT2D eigenvalue weighted by Gasteiger charge is -2.22. The van der Waals surface area contributed by atoms with Gasteiger partial charge in [-0.1, -0.05) is 86.6 Å². The Morgan fingerprint density at radius 3 is 2.26 bits per heavy atom. The van der Waals surface area contributed by atoms with E-state index in [2.05, 4.69) is 104 Å². The Hall–Kier alpha value is -5.72. The summed E-state index contributed by atoms with van der Waals surface area (Å²) in [7, 11) is 0. The monoisotopic (exact) mass is 622 g/mol. The highest BCUT2D eigenvalue weighted by Crippen LogP contribution is 2.53. The number of rotatable bonds is 3. The van der Waals surface area contributed by atoms with E-state index in [1.807, 2.05) is 30.3 Å². The fourth-order valence-electron chi connectivity index (χ4n) is 7.42. The van der Waals surface area contributed by atoms with Crippen LogP contribution < -0.4 is 0 Å². The van der Waals surface area contributed by atoms with Crippen molar-refractivity contribution in [2.24, 2.45) is 0 Å². The molecule has 4 aromatic heterocycles. The van der Waals surface area contributed by atoms with Crippen molar-refractivity contribution < 1.29 is 4.42 Å². The predicted octanol–water partition coefficient (Wildman–Crippen LogP) is 10.8. The van der Waals surface area contributed by atoms with Crippen molar-refractivity contribution in [1.29, 1.82) is 0 Å². The first-order valence-electron chi connectivity index (χ1n) is 15.7. The van der Waals surface area contributed by atoms with E-state index in [-0.39, 0.29) is 5.41 Å². The zero-order valence-electron chi connectivity index (χ0n) is 25.7. The van der Waals surface area contributed by atoms with E-state index in [0.29, 0.717) is 23.2 Å². The van der Waals surface area contributed by atoms with Crippen LogP contribution in [-0.4, -0.2) is 19.9 Å². The van der Waals surface area contributed by atoms with Gasteiger partial charge in [-0.15, -0.1) is 11.3 Å². The minimum Gasteiger partial charge on any atom is -0.456 e. The van der Waals surface area contributed by atoms with Crippen molar-refractivity contribution in [3.8, 4) is 45.4 Å². The average molecular weight is 623 g/mol. The quantitative estimate of drug-likeness (QED) is 0.196. The van der Waals surface area contributed by atoms with Gasteiger partial charge in [-0.05, 0) is 64.7 Å². The van der Waals surface area contributed by atoms with Gasteiger partial charge in [0.05, 0.1) is 0 Å². The first-order chi connectivity index (χ1) is 23.0. The summed E-state index contributed by atoms with van der Waals surface area (Å²) >= 11 is 1.77. The SMILES string of the molecule is CC1(C)c2cc(-c3nc(-c4ccccn4)nc(-c4cccc5c4sc4ccccc45)n3)ccc2-c2ccc3oc4ccccc4c3c21. The molecule has 0 amide bonds. The zero-order chi connectivity index (χ0) is 31.3. The second-order valence-electron chi connectivity index (χ2n) is 12.6. The van der Waals surface area contributed by atoms with Gasteiger partial charge in [0.2, 0.25) is 0 Å². The van der Waals surface area contributed by atoms with Gasteiger partial charge in [0.15, 0.2) is 17.5 Å². The molecule has 9 aromatic rings. The van der Waals surface area contributed by atoms with Crippen molar-refractivity contribution in [2.45, 2.75) is 19.3 Å². The van der Waals surface area contributed by atoms with Gasteiger partial charge in [-0.2, -0.15) is 0 Å². The summed E-state index contributed by atoms with van der Waals surface area (Å²) in [5.74, 6) is 1.82. The number of hydrogen-bond acceptors (Lipinski definition) is 6. The Morgan fingerprint density at radius 1 is 0.596 bits per heavy atom. The van der Waals surface area contributed by atoms with Crippen LogP contribution in [0.1, 0.15) is 25.0 Å². The molecule has 10 rings (SSSR count). The van der Waals surface area contributed by atoms with Crippen LogP contribution >= 0.6 is 11.3 Å². The van der Waals surface area contributed by atoms with Crippen LogP contribution in [0.15, 0.2) is 126 Å². The Labute approximate surface area is 274 Å². The second-order valence-corrected chi connectivity index (χ2v) is 13.7. The molecule has 5 aromatic carbocycles. The maximum atomic E-state index is 6.29. The summed E-state index contributed by atoms with van der Waals surface area (Å²) in [5, 5.41) is 4.79. The van der Waals surface area contributed by atoms with Crippen LogP contribution in [0.25, 0.3) is 87.5 Å². The summed E-state index contributed by atoms with van der Waals surface area (Å²) in [5.41, 5.74) is 9.24. The number of para-hydroxylation sites is 1. The van der Waals surface area contributed by atoms with Crippen LogP contribution in [0.4, 0.5) is 0 Å². The number of benzene rings is 5. The molecule has 1 aliphatic rings. The van der Waals surface area contributed by atoms with Crippen LogP contribution in [0.2, 0.25) is 0 Å². The summed E-state index contributed by atoms with van der Waals surface area (Å²) < 4.78 is 8.70. The fourth-order valence-corrected chi connectivity index (χ4v) is 8.63. The van der Waals surface area contributed by atoms with E-state index < -0.39 is 0 Å². The molecule has 0 N–H and O–H groups in total. The van der Waals surface area contributed by atoms with Crippen LogP contribution in [-0.2, 0) is 5.41 Å². The van der Waals surface area contributed by atoms with Gasteiger partial charge in [-0.25, -0.2) is 15.0 Å². The fraction of sp³-hybridized carbons (Fsp3) is 0.0732. The molecule has 0 aliphatic heterocycles. The molecule has 1 aliphatic carbocycles. The van der Waals surface area contributed by atoms with Crippen molar-refractivity contribution >= 4 is 53.4 Å². The minimum absolute atomic E-state index is 0.269. The van der Waals surface area contributed by atoms with Gasteiger partial charge in [0.25, 0.3) is 0 Å². The number of nitrogens with zero attached hydrogens (tertiary/aromatic N) is 4. The third-order valence-electron chi connectivity index (χ3n) is 9.58. The Kier molecular flexibility index (Phi) is 5.44. The highest BCUT2D eigenvalue weighted by atomic mass is 32.1. The molecule has 47 heavy (non-hydrogen) atoms. The minimum atomic E-state index is -0.269. The lowest BCUT2D eigenvalue weighted by Crippen LogP contribution is -2.15. The van der Waals surface area contributed by atoms with Gasteiger partial charge in [0.1, 0.15) is 16.9 Å². The molecular formula is C41H26N4OS. The van der Waals surface area contributed by atoms with Crippen molar-refractivity contribution in [1.82, 2.24) is 19.9 Å². The van der Waals surface area contributed by atoms with E-state index in [0.717, 1.165) is 27.7 Å². The Bertz CT molecular complexity index is 2720. The molecule has 0 bridgehead atoms. The maximum Gasteiger partial charge on any atom is 0.182 e. The molecule has 6 heteroatoms. The molecule has 0 atom stereocenters. The second kappa shape index (κ2) is 9.64. The Morgan fingerprint density at radius 2 is 1.36 bits per heavy atom. The average Bonchev–Trinajstić information content (AvgIpc) is 3.76. The van der Waals surface area contributed by atoms with Gasteiger partial charge in [0, 0.05) is 53.7 Å². The molecule has 0 saturated carbocycles. The normalized spacial score (nSPS) is 13.5. The molecule has 0 radical (unpaired) electrons. The third kappa shape index (κ3) is 3.82. The van der Waals surface area contributed by atoms with Crippen molar-refractivity contribution in [2.75, 3.05) is 0 Å². The first kappa shape index (κ1) is 26.5. The molecule has 4 heterocycles. The molecule has 0 spiro atoms. The van der Waals surface area contributed by atoms with Crippen LogP contribution in [0, 0.1) is 0 Å². The summed E-state index contributed by atoms with van der Waals surface area (Å²) in [6.07, 6.45) is 1.78. The lowest BCUT2D eigenvalue weighted by molar-refractivity contribution is 0.657. The number of aromatic nitrogens is 4. The highest BCUT2D eigenvalue weighted by Gasteiger charge is 2.38. The lowest BCUT2D eigenvalue weighted by atomic mass is 9.80. The smallest absolute Gasteiger partial charge is 0.182 e. The van der Waals surface area contributed by atoms with E-state index in [4.69, 9.17) is 19.4 Å². The van der Waals surface area contributed by atoms with Crippen LogP contribution in [0.3, 0.4) is 0 Å². The molecule has 0 unspecified atom stereocenters. The van der Waals surface area contributed by atoms with E-state index in [1.165, 1.54) is 47.8 Å². The molecule has 0 fully saturated rings. The van der Waals surface area contributed by atoms with Gasteiger partial charge in [-0.3, -0.25) is 4.98 Å². The third-order valence-corrected chi connectivity index (χ3v) is 10.8. The topological polar surface area (TPSA) is 64.7 Å². The van der Waals surface area contributed by atoms with Crippen molar-refractivity contribution in [3.05, 3.63) is 133 Å². The molecular weight excluding hydrogens is 597 g/mol. The van der Waals surface area contributed by atoms with E-state index in [1.54, 1.807) is 17.5 Å². The molecule has 5 nitrogen and oxygen atoms in total. The number of hydrogen-bond donors (Lipinski definition) is 0. The molecule has 222 valence electrons. The number of fused-ring (bicyclic) bond motifs is 10. The number of furan rings is 1. The summed E-state index contributed by atoms with van der Waals surface area (Å²) in [4.78, 5) is 19.8. The highest BCUT2D eigenvalue weighted by molar-refractivity contribution is 7.26. The van der Waals surface area contributed by atoms with Crippen LogP contribution in [0.5, 0.6) is 0 Å². The summed E-state index contributed by atoms with van der Waals surface area (Å²) in [6.45, 7) is 4.62. The van der Waals surface area contributed by atoms with E-state index >= 15 is 0 Å². The number of thiophene rings is 1. The number of pyridine rings is 1. The Balaban J connectivity index is 1.18. The zero-order valence-corrected chi connectivity index (χ0v) is 26.5. The largest absolute Gasteiger partial charge is 0.456 e. The maximum absolute atomic E-state index is 6.29. The summed E-state index contributed by atoms with van der Waals surface area (Å²) in [6, 6.07) is 40.0. The molecule has 0 saturated heterocycles. The predicted molar refractivity (Wildman–Crippen MR) is 192 cm³/mol. The van der Waals surface area contributed by atoms with Gasteiger partial charge >= 0.3 is 0 Å². The van der Waals surface area contributed by atoms with E-state index in [9.17, 15) is 0 Å². The van der Waals surface area contributed by atoms with Crippen molar-refractivity contribution in [3.63, 3.8) is 0 Å². The van der Waals surface area contributed by atoms with Gasteiger partial charge < -0.3 is 4.42 Å².